The van der Waals surface area contributed by atoms with Crippen LogP contribution in [-0.4, -0.2) is 15.7 Å². The minimum atomic E-state index is 0.0542. The zero-order chi connectivity index (χ0) is 21.5. The maximum absolute atomic E-state index is 13.5. The van der Waals surface area contributed by atoms with Crippen molar-refractivity contribution in [1.29, 1.82) is 0 Å². The van der Waals surface area contributed by atoms with Gasteiger partial charge in [0.25, 0.3) is 5.56 Å². The molecule has 0 unspecified atom stereocenters. The maximum atomic E-state index is 13.5. The van der Waals surface area contributed by atoms with Gasteiger partial charge >= 0.3 is 0 Å². The van der Waals surface area contributed by atoms with Crippen molar-refractivity contribution in [3.05, 3.63) is 118 Å². The van der Waals surface area contributed by atoms with Crippen LogP contribution in [-0.2, 0) is 0 Å². The molecule has 3 aromatic carbocycles. The van der Waals surface area contributed by atoms with Crippen molar-refractivity contribution >= 4 is 17.0 Å². The molecule has 0 aliphatic carbocycles. The molecule has 3 atom stereocenters. The number of benzene rings is 3. The van der Waals surface area contributed by atoms with Gasteiger partial charge in [-0.2, -0.15) is 0 Å². The molecule has 3 heterocycles. The predicted octanol–water partition coefficient (Wildman–Crippen LogP) is 5.44. The van der Waals surface area contributed by atoms with Crippen molar-refractivity contribution < 1.29 is 0 Å². The SMILES string of the molecule is O=c1c2ccccc2nc2n1N1[C@H](C[C@@H]2CC/C=C\c2ccccc2)[C@H]1c1ccccc1. The molecule has 2 aliphatic rings. The first-order valence-corrected chi connectivity index (χ1v) is 11.4. The summed E-state index contributed by atoms with van der Waals surface area (Å²) in [6.07, 6.45) is 7.40. The lowest BCUT2D eigenvalue weighted by atomic mass is 9.93. The molecule has 6 rings (SSSR count). The van der Waals surface area contributed by atoms with E-state index >= 15 is 0 Å². The Morgan fingerprint density at radius 2 is 1.62 bits per heavy atom. The van der Waals surface area contributed by atoms with Crippen LogP contribution in [0.15, 0.2) is 95.8 Å². The van der Waals surface area contributed by atoms with Crippen LogP contribution in [0, 0.1) is 0 Å². The summed E-state index contributed by atoms with van der Waals surface area (Å²) in [5.41, 5.74) is 3.34. The molecule has 0 saturated carbocycles. The molecular formula is C28H25N3O. The number of para-hydroxylation sites is 1. The van der Waals surface area contributed by atoms with E-state index in [4.69, 9.17) is 4.98 Å². The molecule has 0 amide bonds. The van der Waals surface area contributed by atoms with E-state index in [1.807, 2.05) is 41.1 Å². The van der Waals surface area contributed by atoms with Gasteiger partial charge in [0.05, 0.1) is 23.0 Å². The average Bonchev–Trinajstić information content (AvgIpc) is 3.57. The molecule has 1 aromatic heterocycles. The molecule has 4 aromatic rings. The van der Waals surface area contributed by atoms with Crippen LogP contribution in [0.1, 0.15) is 48.2 Å². The van der Waals surface area contributed by atoms with Crippen molar-refractivity contribution in [3.63, 3.8) is 0 Å². The molecule has 0 spiro atoms. The molecule has 32 heavy (non-hydrogen) atoms. The second kappa shape index (κ2) is 7.79. The molecule has 0 radical (unpaired) electrons. The first-order valence-electron chi connectivity index (χ1n) is 11.4. The Balaban J connectivity index is 1.34. The number of hydrogen-bond acceptors (Lipinski definition) is 3. The van der Waals surface area contributed by atoms with Gasteiger partial charge in [-0.3, -0.25) is 9.80 Å². The summed E-state index contributed by atoms with van der Waals surface area (Å²) in [4.78, 5) is 18.5. The molecule has 1 saturated heterocycles. The fourth-order valence-corrected chi connectivity index (χ4v) is 5.15. The minimum Gasteiger partial charge on any atom is -0.293 e. The predicted molar refractivity (Wildman–Crippen MR) is 129 cm³/mol. The molecular weight excluding hydrogens is 394 g/mol. The average molecular weight is 420 g/mol. The smallest absolute Gasteiger partial charge is 0.280 e. The highest BCUT2D eigenvalue weighted by molar-refractivity contribution is 5.77. The van der Waals surface area contributed by atoms with Crippen LogP contribution in [0.3, 0.4) is 0 Å². The van der Waals surface area contributed by atoms with Crippen LogP contribution in [0.5, 0.6) is 0 Å². The third-order valence-corrected chi connectivity index (χ3v) is 6.73. The largest absolute Gasteiger partial charge is 0.293 e. The van der Waals surface area contributed by atoms with Gasteiger partial charge in [0.2, 0.25) is 0 Å². The van der Waals surface area contributed by atoms with Crippen LogP contribution < -0.4 is 10.6 Å². The van der Waals surface area contributed by atoms with E-state index in [0.717, 1.165) is 30.6 Å². The number of fused-ring (bicyclic) bond motifs is 4. The number of rotatable bonds is 5. The van der Waals surface area contributed by atoms with E-state index in [0.29, 0.717) is 11.4 Å². The van der Waals surface area contributed by atoms with E-state index in [1.54, 1.807) is 0 Å². The van der Waals surface area contributed by atoms with Gasteiger partial charge in [-0.1, -0.05) is 84.9 Å². The van der Waals surface area contributed by atoms with Gasteiger partial charge in [-0.25, -0.2) is 9.66 Å². The van der Waals surface area contributed by atoms with Crippen LogP contribution in [0.2, 0.25) is 0 Å². The first-order chi connectivity index (χ1) is 15.8. The van der Waals surface area contributed by atoms with Crippen molar-refractivity contribution in [2.75, 3.05) is 5.01 Å². The maximum Gasteiger partial charge on any atom is 0.280 e. The summed E-state index contributed by atoms with van der Waals surface area (Å²) in [5, 5.41) is 2.93. The summed E-state index contributed by atoms with van der Waals surface area (Å²) in [6.45, 7) is 0. The monoisotopic (exact) mass is 419 g/mol. The second-order valence-corrected chi connectivity index (χ2v) is 8.73. The van der Waals surface area contributed by atoms with Gasteiger partial charge in [-0.15, -0.1) is 0 Å². The molecule has 158 valence electrons. The third-order valence-electron chi connectivity index (χ3n) is 6.73. The summed E-state index contributed by atoms with van der Waals surface area (Å²) in [7, 11) is 0. The van der Waals surface area contributed by atoms with Crippen molar-refractivity contribution in [3.8, 4) is 0 Å². The lowest BCUT2D eigenvalue weighted by Gasteiger charge is -2.26. The summed E-state index contributed by atoms with van der Waals surface area (Å²) < 4.78 is 1.89. The normalized spacial score (nSPS) is 21.5. The van der Waals surface area contributed by atoms with E-state index < -0.39 is 0 Å². The summed E-state index contributed by atoms with van der Waals surface area (Å²) >= 11 is 0. The molecule has 1 fully saturated rings. The van der Waals surface area contributed by atoms with Crippen LogP contribution in [0.25, 0.3) is 17.0 Å². The standard InChI is InChI=1S/C28H25N3O/c32-28-23-17-9-10-18-24(23)29-27-22(16-8-7-13-20-11-3-1-4-12-20)19-25-26(30(25)31(27)28)21-14-5-2-6-15-21/h1-7,9-15,17-18,22,25-26H,8,16,19H2/b13-7-/t22-,25+,26+,30?/m0/s1. The fourth-order valence-electron chi connectivity index (χ4n) is 5.15. The zero-order valence-electron chi connectivity index (χ0n) is 17.8. The first kappa shape index (κ1) is 19.1. The van der Waals surface area contributed by atoms with E-state index in [1.165, 1.54) is 11.1 Å². The van der Waals surface area contributed by atoms with Gasteiger partial charge in [0.15, 0.2) is 0 Å². The van der Waals surface area contributed by atoms with Gasteiger partial charge < -0.3 is 0 Å². The lowest BCUT2D eigenvalue weighted by Crippen LogP contribution is -2.38. The Hall–Kier alpha value is -3.66. The van der Waals surface area contributed by atoms with Crippen LogP contribution in [0.4, 0.5) is 0 Å². The number of allylic oxidation sites excluding steroid dienone is 1. The van der Waals surface area contributed by atoms with Gasteiger partial charge in [0.1, 0.15) is 5.82 Å². The fraction of sp³-hybridized carbons (Fsp3) is 0.214. The van der Waals surface area contributed by atoms with Gasteiger partial charge in [-0.05, 0) is 42.5 Å². The topological polar surface area (TPSA) is 37.9 Å². The van der Waals surface area contributed by atoms with Crippen molar-refractivity contribution in [1.82, 2.24) is 9.66 Å². The third kappa shape index (κ3) is 3.23. The Morgan fingerprint density at radius 3 is 2.44 bits per heavy atom. The number of hydrogen-bond donors (Lipinski definition) is 0. The highest BCUT2D eigenvalue weighted by atomic mass is 16.1. The van der Waals surface area contributed by atoms with E-state index in [-0.39, 0.29) is 17.5 Å². The number of nitrogens with zero attached hydrogens (tertiary/aromatic N) is 3. The molecule has 4 heteroatoms. The Bertz CT molecular complexity index is 1340. The second-order valence-electron chi connectivity index (χ2n) is 8.73. The summed E-state index contributed by atoms with van der Waals surface area (Å²) in [6, 6.07) is 29.2. The Kier molecular flexibility index (Phi) is 4.64. The van der Waals surface area contributed by atoms with Crippen LogP contribution >= 0.6 is 0 Å². The minimum absolute atomic E-state index is 0.0542. The van der Waals surface area contributed by atoms with Crippen molar-refractivity contribution in [2.24, 2.45) is 0 Å². The van der Waals surface area contributed by atoms with E-state index in [9.17, 15) is 4.79 Å². The summed E-state index contributed by atoms with van der Waals surface area (Å²) in [5.74, 6) is 1.18. The lowest BCUT2D eigenvalue weighted by molar-refractivity contribution is 0.471. The quantitative estimate of drug-likeness (QED) is 0.404. The highest BCUT2D eigenvalue weighted by Gasteiger charge is 2.54. The van der Waals surface area contributed by atoms with E-state index in [2.05, 4.69) is 65.7 Å². The molecule has 2 aliphatic heterocycles. The number of aromatic nitrogens is 2. The molecule has 0 bridgehead atoms. The highest BCUT2D eigenvalue weighted by Crippen LogP contribution is 2.50. The zero-order valence-corrected chi connectivity index (χ0v) is 17.8. The molecule has 0 N–H and O–H groups in total. The molecule has 4 nitrogen and oxygen atoms in total. The Morgan fingerprint density at radius 1 is 0.906 bits per heavy atom. The van der Waals surface area contributed by atoms with Crippen molar-refractivity contribution in [2.45, 2.75) is 37.3 Å². The van der Waals surface area contributed by atoms with Gasteiger partial charge in [0, 0.05) is 5.92 Å². The Labute approximate surface area is 187 Å².